The highest BCUT2D eigenvalue weighted by atomic mass is 19.2. The van der Waals surface area contributed by atoms with Crippen molar-refractivity contribution in [3.05, 3.63) is 29.6 Å². The zero-order valence-corrected chi connectivity index (χ0v) is 10.9. The molecule has 0 spiro atoms. The number of benzene rings is 1. The van der Waals surface area contributed by atoms with Gasteiger partial charge in [-0.25, -0.2) is 13.2 Å². The molecule has 1 aliphatic heterocycles. The first-order valence-electron chi connectivity index (χ1n) is 6.75. The molecule has 1 aliphatic carbocycles. The van der Waals surface area contributed by atoms with Crippen LogP contribution in [0, 0.1) is 23.4 Å². The van der Waals surface area contributed by atoms with E-state index in [-0.39, 0.29) is 17.5 Å². The maximum atomic E-state index is 13.7. The molecule has 0 radical (unpaired) electrons. The summed E-state index contributed by atoms with van der Waals surface area (Å²) in [5.74, 6) is -3.46. The Morgan fingerprint density at radius 2 is 1.65 bits per heavy atom. The monoisotopic (exact) mass is 284 g/mol. The molecule has 1 amide bonds. The molecule has 0 N–H and O–H groups in total. The van der Waals surface area contributed by atoms with Crippen molar-refractivity contribution in [3.63, 3.8) is 0 Å². The van der Waals surface area contributed by atoms with Crippen molar-refractivity contribution < 1.29 is 18.0 Å². The molecule has 0 unspecified atom stereocenters. The van der Waals surface area contributed by atoms with Gasteiger partial charge >= 0.3 is 0 Å². The minimum absolute atomic E-state index is 0.0578. The summed E-state index contributed by atoms with van der Waals surface area (Å²) >= 11 is 0. The first kappa shape index (κ1) is 13.3. The lowest BCUT2D eigenvalue weighted by Crippen LogP contribution is -2.49. The molecular weight excluding hydrogens is 269 g/mol. The van der Waals surface area contributed by atoms with Gasteiger partial charge in [0.1, 0.15) is 0 Å². The number of amides is 1. The van der Waals surface area contributed by atoms with Crippen LogP contribution in [-0.2, 0) is 4.79 Å². The van der Waals surface area contributed by atoms with E-state index in [1.54, 1.807) is 9.80 Å². The molecule has 0 aromatic heterocycles. The predicted molar refractivity (Wildman–Crippen MR) is 67.8 cm³/mol. The van der Waals surface area contributed by atoms with E-state index in [1.165, 1.54) is 6.07 Å². The van der Waals surface area contributed by atoms with Crippen molar-refractivity contribution in [2.45, 2.75) is 12.8 Å². The van der Waals surface area contributed by atoms with E-state index in [0.29, 0.717) is 26.2 Å². The van der Waals surface area contributed by atoms with Crippen molar-refractivity contribution in [1.82, 2.24) is 4.90 Å². The Labute approximate surface area is 115 Å². The molecule has 3 rings (SSSR count). The Bertz CT molecular complexity index is 537. The Balaban J connectivity index is 1.69. The highest BCUT2D eigenvalue weighted by Crippen LogP contribution is 2.32. The summed E-state index contributed by atoms with van der Waals surface area (Å²) in [5.41, 5.74) is 0.0578. The Morgan fingerprint density at radius 3 is 2.25 bits per heavy atom. The summed E-state index contributed by atoms with van der Waals surface area (Å²) in [4.78, 5) is 15.3. The summed E-state index contributed by atoms with van der Waals surface area (Å²) in [6, 6.07) is 2.17. The summed E-state index contributed by atoms with van der Waals surface area (Å²) in [6.45, 7) is 1.85. The molecule has 0 bridgehead atoms. The van der Waals surface area contributed by atoms with Gasteiger partial charge in [-0.1, -0.05) is 0 Å². The van der Waals surface area contributed by atoms with Gasteiger partial charge in [-0.05, 0) is 25.0 Å². The molecule has 20 heavy (non-hydrogen) atoms. The van der Waals surface area contributed by atoms with Crippen LogP contribution in [0.1, 0.15) is 12.8 Å². The van der Waals surface area contributed by atoms with E-state index < -0.39 is 17.5 Å². The third-order valence-electron chi connectivity index (χ3n) is 3.87. The molecule has 6 heteroatoms. The van der Waals surface area contributed by atoms with Gasteiger partial charge in [0.25, 0.3) is 0 Å². The van der Waals surface area contributed by atoms with Crippen LogP contribution in [0.4, 0.5) is 18.9 Å². The standard InChI is InChI=1S/C14H15F3N2O/c15-10-3-4-11(13(17)12(10)16)18-5-7-19(8-6-18)14(20)9-1-2-9/h3-4,9H,1-2,5-8H2. The van der Waals surface area contributed by atoms with Crippen molar-refractivity contribution >= 4 is 11.6 Å². The van der Waals surface area contributed by atoms with Crippen molar-refractivity contribution in [2.75, 3.05) is 31.1 Å². The molecule has 1 aromatic rings. The van der Waals surface area contributed by atoms with Gasteiger partial charge in [0.05, 0.1) is 5.69 Å². The van der Waals surface area contributed by atoms with Gasteiger partial charge in [-0.3, -0.25) is 4.79 Å². The molecule has 3 nitrogen and oxygen atoms in total. The molecule has 108 valence electrons. The first-order valence-corrected chi connectivity index (χ1v) is 6.75. The molecule has 1 saturated heterocycles. The number of halogens is 3. The fourth-order valence-electron chi connectivity index (χ4n) is 2.52. The van der Waals surface area contributed by atoms with Crippen LogP contribution in [0.2, 0.25) is 0 Å². The number of hydrogen-bond donors (Lipinski definition) is 0. The second-order valence-electron chi connectivity index (χ2n) is 5.28. The Hall–Kier alpha value is -1.72. The molecule has 2 fully saturated rings. The van der Waals surface area contributed by atoms with Crippen molar-refractivity contribution in [1.29, 1.82) is 0 Å². The summed E-state index contributed by atoms with van der Waals surface area (Å²) in [6.07, 6.45) is 1.91. The quantitative estimate of drug-likeness (QED) is 0.777. The number of hydrogen-bond acceptors (Lipinski definition) is 2. The lowest BCUT2D eigenvalue weighted by atomic mass is 10.2. The summed E-state index contributed by atoms with van der Waals surface area (Å²) in [7, 11) is 0. The van der Waals surface area contributed by atoms with Gasteiger partial charge in [0, 0.05) is 32.1 Å². The zero-order valence-electron chi connectivity index (χ0n) is 10.9. The highest BCUT2D eigenvalue weighted by Gasteiger charge is 2.35. The van der Waals surface area contributed by atoms with Gasteiger partial charge in [-0.2, -0.15) is 0 Å². The number of anilines is 1. The molecular formula is C14H15F3N2O. The maximum Gasteiger partial charge on any atom is 0.225 e. The van der Waals surface area contributed by atoms with Crippen LogP contribution in [0.25, 0.3) is 0 Å². The van der Waals surface area contributed by atoms with E-state index in [4.69, 9.17) is 0 Å². The molecule has 0 atom stereocenters. The third-order valence-corrected chi connectivity index (χ3v) is 3.87. The predicted octanol–water partition coefficient (Wildman–Crippen LogP) is 2.16. The number of carbonyl (C=O) groups excluding carboxylic acids is 1. The van der Waals surface area contributed by atoms with E-state index in [2.05, 4.69) is 0 Å². The molecule has 1 saturated carbocycles. The smallest absolute Gasteiger partial charge is 0.225 e. The lowest BCUT2D eigenvalue weighted by molar-refractivity contribution is -0.132. The van der Waals surface area contributed by atoms with Crippen LogP contribution in [0.3, 0.4) is 0 Å². The van der Waals surface area contributed by atoms with Crippen LogP contribution >= 0.6 is 0 Å². The van der Waals surface area contributed by atoms with Crippen LogP contribution in [-0.4, -0.2) is 37.0 Å². The Morgan fingerprint density at radius 1 is 1.00 bits per heavy atom. The largest absolute Gasteiger partial charge is 0.366 e. The van der Waals surface area contributed by atoms with Crippen molar-refractivity contribution in [2.24, 2.45) is 5.92 Å². The number of nitrogens with zero attached hydrogens (tertiary/aromatic N) is 2. The maximum absolute atomic E-state index is 13.7. The van der Waals surface area contributed by atoms with Crippen LogP contribution in [0.15, 0.2) is 12.1 Å². The minimum Gasteiger partial charge on any atom is -0.366 e. The molecule has 2 aliphatic rings. The zero-order chi connectivity index (χ0) is 14.3. The van der Waals surface area contributed by atoms with Crippen LogP contribution < -0.4 is 4.90 Å². The van der Waals surface area contributed by atoms with Gasteiger partial charge < -0.3 is 9.80 Å². The van der Waals surface area contributed by atoms with E-state index in [9.17, 15) is 18.0 Å². The topological polar surface area (TPSA) is 23.6 Å². The normalized spacial score (nSPS) is 19.4. The average molecular weight is 284 g/mol. The average Bonchev–Trinajstić information content (AvgIpc) is 3.29. The van der Waals surface area contributed by atoms with Gasteiger partial charge in [-0.15, -0.1) is 0 Å². The lowest BCUT2D eigenvalue weighted by Gasteiger charge is -2.36. The minimum atomic E-state index is -1.45. The number of carbonyl (C=O) groups is 1. The van der Waals surface area contributed by atoms with E-state index >= 15 is 0 Å². The summed E-state index contributed by atoms with van der Waals surface area (Å²) < 4.78 is 39.8. The number of rotatable bonds is 2. The highest BCUT2D eigenvalue weighted by molar-refractivity contribution is 5.81. The first-order chi connectivity index (χ1) is 9.58. The van der Waals surface area contributed by atoms with Gasteiger partial charge in [0.15, 0.2) is 17.5 Å². The number of piperazine rings is 1. The molecule has 1 aromatic carbocycles. The van der Waals surface area contributed by atoms with Crippen LogP contribution in [0.5, 0.6) is 0 Å². The SMILES string of the molecule is O=C(C1CC1)N1CCN(c2ccc(F)c(F)c2F)CC1. The second-order valence-corrected chi connectivity index (χ2v) is 5.28. The summed E-state index contributed by atoms with van der Waals surface area (Å²) in [5, 5.41) is 0. The van der Waals surface area contributed by atoms with Crippen molar-refractivity contribution in [3.8, 4) is 0 Å². The fourth-order valence-corrected chi connectivity index (χ4v) is 2.52. The fraction of sp³-hybridized carbons (Fsp3) is 0.500. The van der Waals surface area contributed by atoms with E-state index in [0.717, 1.165) is 18.9 Å². The van der Waals surface area contributed by atoms with Gasteiger partial charge in [0.2, 0.25) is 5.91 Å². The molecule has 1 heterocycles. The second kappa shape index (κ2) is 5.00. The third kappa shape index (κ3) is 2.34. The van der Waals surface area contributed by atoms with E-state index in [1.807, 2.05) is 0 Å². The Kier molecular flexibility index (Phi) is 3.31.